The quantitative estimate of drug-likeness (QED) is 0.464. The zero-order valence-electron chi connectivity index (χ0n) is 9.50. The highest BCUT2D eigenvalue weighted by Crippen LogP contribution is 2.09. The van der Waals surface area contributed by atoms with Gasteiger partial charge in [0.15, 0.2) is 0 Å². The molecule has 0 radical (unpaired) electrons. The van der Waals surface area contributed by atoms with E-state index in [2.05, 4.69) is 5.32 Å². The largest absolute Gasteiger partial charge is 0.481 e. The maximum absolute atomic E-state index is 11.5. The number of β-amino-alcohol motifs (C(OH)–C–C–N with tert-alkyl or cyclic N) is 2. The predicted molar refractivity (Wildman–Crippen MR) is 58.5 cm³/mol. The molecule has 17 heavy (non-hydrogen) atoms. The van der Waals surface area contributed by atoms with Crippen LogP contribution in [0.2, 0.25) is 0 Å². The Labute approximate surface area is 99.0 Å². The first-order valence-electron chi connectivity index (χ1n) is 5.61. The first-order chi connectivity index (χ1) is 8.00. The first-order valence-corrected chi connectivity index (χ1v) is 5.61. The molecular weight excluding hydrogens is 228 g/mol. The highest BCUT2D eigenvalue weighted by molar-refractivity contribution is 5.74. The number of carboxylic acids is 1. The molecule has 7 nitrogen and oxygen atoms in total. The highest BCUT2D eigenvalue weighted by Gasteiger charge is 2.32. The van der Waals surface area contributed by atoms with E-state index in [9.17, 15) is 19.8 Å². The van der Waals surface area contributed by atoms with Gasteiger partial charge in [-0.25, -0.2) is 4.79 Å². The number of carbonyl (C=O) groups is 2. The summed E-state index contributed by atoms with van der Waals surface area (Å²) in [6.45, 7) is 0.652. The van der Waals surface area contributed by atoms with Crippen molar-refractivity contribution in [3.63, 3.8) is 0 Å². The molecule has 0 aromatic heterocycles. The molecule has 2 amide bonds. The Morgan fingerprint density at radius 1 is 1.18 bits per heavy atom. The predicted octanol–water partition coefficient (Wildman–Crippen LogP) is -1.01. The number of aliphatic hydroxyl groups is 2. The van der Waals surface area contributed by atoms with E-state index in [1.54, 1.807) is 0 Å². The smallest absolute Gasteiger partial charge is 0.317 e. The Kier molecular flexibility index (Phi) is 5.17. The van der Waals surface area contributed by atoms with E-state index in [1.807, 2.05) is 0 Å². The van der Waals surface area contributed by atoms with E-state index < -0.39 is 18.2 Å². The number of urea groups is 1. The van der Waals surface area contributed by atoms with Crippen LogP contribution in [0.4, 0.5) is 4.79 Å². The lowest BCUT2D eigenvalue weighted by molar-refractivity contribution is -0.137. The third kappa shape index (κ3) is 4.58. The molecule has 0 bridgehead atoms. The molecule has 0 aromatic carbocycles. The SMILES string of the molecule is O=C(O)CCCCNC(=O)N1CC(O)C(O)C1. The number of nitrogens with one attached hydrogen (secondary N) is 1. The van der Waals surface area contributed by atoms with Crippen molar-refractivity contribution in [2.75, 3.05) is 19.6 Å². The fourth-order valence-electron chi connectivity index (χ4n) is 1.64. The van der Waals surface area contributed by atoms with Crippen molar-refractivity contribution >= 4 is 12.0 Å². The summed E-state index contributed by atoms with van der Waals surface area (Å²) in [7, 11) is 0. The normalized spacial score (nSPS) is 23.8. The second kappa shape index (κ2) is 6.41. The first kappa shape index (κ1) is 13.7. The number of amides is 2. The fourth-order valence-corrected chi connectivity index (χ4v) is 1.64. The van der Waals surface area contributed by atoms with Gasteiger partial charge in [0.25, 0.3) is 0 Å². The standard InChI is InChI=1S/C10H18N2O5/c13-7-5-12(6-8(7)14)10(17)11-4-2-1-3-9(15)16/h7-8,13-14H,1-6H2,(H,11,17)(H,15,16). The minimum Gasteiger partial charge on any atom is -0.481 e. The van der Waals surface area contributed by atoms with E-state index >= 15 is 0 Å². The molecule has 0 spiro atoms. The minimum atomic E-state index is -0.882. The summed E-state index contributed by atoms with van der Waals surface area (Å²) in [4.78, 5) is 23.1. The minimum absolute atomic E-state index is 0.0943. The average Bonchev–Trinajstić information content (AvgIpc) is 2.58. The van der Waals surface area contributed by atoms with Gasteiger partial charge in [-0.1, -0.05) is 0 Å². The van der Waals surface area contributed by atoms with Crippen LogP contribution in [0.5, 0.6) is 0 Å². The van der Waals surface area contributed by atoms with Crippen LogP contribution in [0.3, 0.4) is 0 Å². The number of hydrogen-bond acceptors (Lipinski definition) is 4. The van der Waals surface area contributed by atoms with Crippen LogP contribution in [0.15, 0.2) is 0 Å². The van der Waals surface area contributed by atoms with E-state index in [1.165, 1.54) is 4.90 Å². The molecule has 0 aliphatic carbocycles. The van der Waals surface area contributed by atoms with Gasteiger partial charge in [0.2, 0.25) is 0 Å². The highest BCUT2D eigenvalue weighted by atomic mass is 16.4. The number of nitrogens with zero attached hydrogens (tertiary/aromatic N) is 1. The fraction of sp³-hybridized carbons (Fsp3) is 0.800. The van der Waals surface area contributed by atoms with Gasteiger partial charge in [-0.2, -0.15) is 0 Å². The molecule has 2 atom stereocenters. The number of rotatable bonds is 5. The molecule has 2 unspecified atom stereocenters. The van der Waals surface area contributed by atoms with Gasteiger partial charge >= 0.3 is 12.0 Å². The molecule has 98 valence electrons. The van der Waals surface area contributed by atoms with Crippen molar-refractivity contribution in [3.8, 4) is 0 Å². The van der Waals surface area contributed by atoms with E-state index in [-0.39, 0.29) is 25.5 Å². The van der Waals surface area contributed by atoms with E-state index in [4.69, 9.17) is 5.11 Å². The maximum atomic E-state index is 11.5. The molecule has 0 aromatic rings. The van der Waals surface area contributed by atoms with Crippen LogP contribution in [0.1, 0.15) is 19.3 Å². The molecule has 7 heteroatoms. The Hall–Kier alpha value is -1.34. The third-order valence-corrected chi connectivity index (χ3v) is 2.64. The number of carbonyl (C=O) groups excluding carboxylic acids is 1. The van der Waals surface area contributed by atoms with Crippen LogP contribution in [0.25, 0.3) is 0 Å². The number of carboxylic acid groups (broad SMARTS) is 1. The second-order valence-corrected chi connectivity index (χ2v) is 4.12. The molecule has 1 aliphatic heterocycles. The Morgan fingerprint density at radius 3 is 2.29 bits per heavy atom. The summed E-state index contributed by atoms with van der Waals surface area (Å²) in [5, 5.41) is 29.5. The number of aliphatic hydroxyl groups excluding tert-OH is 2. The zero-order chi connectivity index (χ0) is 12.8. The van der Waals surface area contributed by atoms with Gasteiger partial charge in [-0.3, -0.25) is 4.79 Å². The summed E-state index contributed by atoms with van der Waals surface area (Å²) in [6.07, 6.45) is -0.560. The molecule has 0 saturated carbocycles. The lowest BCUT2D eigenvalue weighted by atomic mass is 10.2. The Bertz CT molecular complexity index is 274. The molecular formula is C10H18N2O5. The van der Waals surface area contributed by atoms with Gasteiger partial charge in [0, 0.05) is 13.0 Å². The van der Waals surface area contributed by atoms with Crippen molar-refractivity contribution in [1.29, 1.82) is 0 Å². The molecule has 1 heterocycles. The van der Waals surface area contributed by atoms with Crippen molar-refractivity contribution in [3.05, 3.63) is 0 Å². The topological polar surface area (TPSA) is 110 Å². The van der Waals surface area contributed by atoms with Crippen molar-refractivity contribution < 1.29 is 24.9 Å². The van der Waals surface area contributed by atoms with Crippen molar-refractivity contribution in [1.82, 2.24) is 10.2 Å². The van der Waals surface area contributed by atoms with Crippen LogP contribution in [0, 0.1) is 0 Å². The number of unbranched alkanes of at least 4 members (excludes halogenated alkanes) is 1. The van der Waals surface area contributed by atoms with Gasteiger partial charge in [-0.15, -0.1) is 0 Å². The zero-order valence-corrected chi connectivity index (χ0v) is 9.50. The van der Waals surface area contributed by atoms with Gasteiger partial charge in [0.05, 0.1) is 25.3 Å². The summed E-state index contributed by atoms with van der Waals surface area (Å²) < 4.78 is 0. The number of aliphatic carboxylic acids is 1. The molecule has 1 saturated heterocycles. The van der Waals surface area contributed by atoms with Crippen LogP contribution in [-0.2, 0) is 4.79 Å². The summed E-state index contributed by atoms with van der Waals surface area (Å²) in [6, 6.07) is -0.337. The van der Waals surface area contributed by atoms with Crippen LogP contribution >= 0.6 is 0 Å². The number of hydrogen-bond donors (Lipinski definition) is 4. The molecule has 1 aliphatic rings. The van der Waals surface area contributed by atoms with Crippen molar-refractivity contribution in [2.45, 2.75) is 31.5 Å². The Balaban J connectivity index is 2.11. The Morgan fingerprint density at radius 2 is 1.76 bits per heavy atom. The van der Waals surface area contributed by atoms with Gasteiger partial charge < -0.3 is 25.5 Å². The third-order valence-electron chi connectivity index (χ3n) is 2.64. The summed E-state index contributed by atoms with van der Waals surface area (Å²) in [5.74, 6) is -0.845. The van der Waals surface area contributed by atoms with Gasteiger partial charge in [-0.05, 0) is 12.8 Å². The summed E-state index contributed by atoms with van der Waals surface area (Å²) in [5.41, 5.74) is 0. The van der Waals surface area contributed by atoms with E-state index in [0.717, 1.165) is 0 Å². The summed E-state index contributed by atoms with van der Waals surface area (Å²) >= 11 is 0. The molecule has 1 fully saturated rings. The average molecular weight is 246 g/mol. The van der Waals surface area contributed by atoms with Crippen LogP contribution in [-0.4, -0.2) is 64.1 Å². The van der Waals surface area contributed by atoms with E-state index in [0.29, 0.717) is 19.4 Å². The monoisotopic (exact) mass is 246 g/mol. The lowest BCUT2D eigenvalue weighted by Gasteiger charge is -2.16. The molecule has 4 N–H and O–H groups in total. The van der Waals surface area contributed by atoms with Gasteiger partial charge in [0.1, 0.15) is 0 Å². The van der Waals surface area contributed by atoms with Crippen molar-refractivity contribution in [2.24, 2.45) is 0 Å². The molecule has 1 rings (SSSR count). The van der Waals surface area contributed by atoms with Crippen LogP contribution < -0.4 is 5.32 Å². The maximum Gasteiger partial charge on any atom is 0.317 e. The second-order valence-electron chi connectivity index (χ2n) is 4.12. The lowest BCUT2D eigenvalue weighted by Crippen LogP contribution is -2.39. The number of likely N-dealkylation sites (tertiary alicyclic amines) is 1.